The summed E-state index contributed by atoms with van der Waals surface area (Å²) in [6.07, 6.45) is 2.13. The number of nitrogens with one attached hydrogen (secondary N) is 1. The molecule has 0 bridgehead atoms. The van der Waals surface area contributed by atoms with Gasteiger partial charge in [-0.25, -0.2) is 0 Å². The van der Waals surface area contributed by atoms with Crippen molar-refractivity contribution < 1.29 is 9.53 Å². The van der Waals surface area contributed by atoms with E-state index >= 15 is 0 Å². The van der Waals surface area contributed by atoms with Gasteiger partial charge in [-0.2, -0.15) is 0 Å². The molecule has 1 amide bonds. The lowest BCUT2D eigenvalue weighted by molar-refractivity contribution is -0.115. The van der Waals surface area contributed by atoms with Crippen molar-refractivity contribution in [2.24, 2.45) is 0 Å². The highest BCUT2D eigenvalue weighted by Gasteiger charge is 2.31. The summed E-state index contributed by atoms with van der Waals surface area (Å²) in [5, 5.41) is 13.0. The van der Waals surface area contributed by atoms with Gasteiger partial charge in [0, 0.05) is 16.8 Å². The number of hydrogen-bond acceptors (Lipinski definition) is 5. The van der Waals surface area contributed by atoms with E-state index in [9.17, 15) is 4.79 Å². The molecule has 1 aliphatic rings. The molecule has 1 N–H and O–H groups in total. The number of carbonyl (C=O) groups is 1. The molecule has 3 aromatic rings. The molecule has 0 saturated heterocycles. The minimum absolute atomic E-state index is 0.124. The van der Waals surface area contributed by atoms with E-state index in [4.69, 9.17) is 27.9 Å². The van der Waals surface area contributed by atoms with Crippen LogP contribution in [0.25, 0.3) is 0 Å². The fourth-order valence-electron chi connectivity index (χ4n) is 2.91. The molecular weight excluding hydrogens is 443 g/mol. The van der Waals surface area contributed by atoms with Gasteiger partial charge in [-0.3, -0.25) is 9.36 Å². The van der Waals surface area contributed by atoms with Gasteiger partial charge in [0.2, 0.25) is 5.91 Å². The lowest BCUT2D eigenvalue weighted by Crippen LogP contribution is -2.23. The van der Waals surface area contributed by atoms with Crippen LogP contribution in [-0.4, -0.2) is 25.9 Å². The minimum atomic E-state index is -0.358. The van der Waals surface area contributed by atoms with Crippen LogP contribution in [-0.2, 0) is 11.4 Å². The standard InChI is InChI=1S/C21H20Cl2N4O2S/c1-13(20(28)24-15-6-4-5-14(22)11-15)30-21-26-25-19(27(21)16-9-10-16)12-29-18-8-3-2-7-17(18)23/h2-8,11,13,16H,9-10,12H2,1H3,(H,24,28). The normalized spacial score (nSPS) is 14.4. The zero-order valence-electron chi connectivity index (χ0n) is 16.2. The van der Waals surface area contributed by atoms with Gasteiger partial charge in [0.25, 0.3) is 0 Å². The lowest BCUT2D eigenvalue weighted by atomic mass is 10.3. The van der Waals surface area contributed by atoms with E-state index in [1.807, 2.05) is 25.1 Å². The van der Waals surface area contributed by atoms with Gasteiger partial charge < -0.3 is 10.1 Å². The van der Waals surface area contributed by atoms with E-state index in [0.29, 0.717) is 32.7 Å². The Bertz CT molecular complexity index is 1050. The van der Waals surface area contributed by atoms with Gasteiger partial charge in [0.15, 0.2) is 11.0 Å². The van der Waals surface area contributed by atoms with Crippen LogP contribution in [0, 0.1) is 0 Å². The van der Waals surface area contributed by atoms with Gasteiger partial charge in [0.05, 0.1) is 10.3 Å². The Morgan fingerprint density at radius 1 is 1.23 bits per heavy atom. The van der Waals surface area contributed by atoms with E-state index < -0.39 is 0 Å². The summed E-state index contributed by atoms with van der Waals surface area (Å²) in [7, 11) is 0. The Morgan fingerprint density at radius 2 is 2.03 bits per heavy atom. The van der Waals surface area contributed by atoms with Crippen molar-refractivity contribution in [3.05, 3.63) is 64.4 Å². The molecule has 1 atom stereocenters. The highest BCUT2D eigenvalue weighted by Crippen LogP contribution is 2.40. The van der Waals surface area contributed by atoms with E-state index in [-0.39, 0.29) is 17.8 Å². The monoisotopic (exact) mass is 462 g/mol. The van der Waals surface area contributed by atoms with Crippen LogP contribution in [0.2, 0.25) is 10.0 Å². The lowest BCUT2D eigenvalue weighted by Gasteiger charge is -2.14. The third-order valence-electron chi connectivity index (χ3n) is 4.58. The largest absolute Gasteiger partial charge is 0.484 e. The van der Waals surface area contributed by atoms with Gasteiger partial charge in [0.1, 0.15) is 12.4 Å². The number of benzene rings is 2. The zero-order chi connectivity index (χ0) is 21.1. The maximum Gasteiger partial charge on any atom is 0.237 e. The van der Waals surface area contributed by atoms with Crippen molar-refractivity contribution in [2.75, 3.05) is 5.32 Å². The highest BCUT2D eigenvalue weighted by atomic mass is 35.5. The maximum atomic E-state index is 12.6. The Balaban J connectivity index is 1.44. The second kappa shape index (κ2) is 9.29. The van der Waals surface area contributed by atoms with E-state index in [1.54, 1.807) is 30.3 Å². The minimum Gasteiger partial charge on any atom is -0.484 e. The number of aromatic nitrogens is 3. The molecule has 30 heavy (non-hydrogen) atoms. The van der Waals surface area contributed by atoms with Crippen molar-refractivity contribution in [1.82, 2.24) is 14.8 Å². The summed E-state index contributed by atoms with van der Waals surface area (Å²) in [6.45, 7) is 2.10. The van der Waals surface area contributed by atoms with Crippen LogP contribution < -0.4 is 10.1 Å². The molecule has 0 spiro atoms. The first-order chi connectivity index (χ1) is 14.5. The van der Waals surface area contributed by atoms with E-state index in [2.05, 4.69) is 20.1 Å². The van der Waals surface area contributed by atoms with Crippen LogP contribution >= 0.6 is 35.0 Å². The molecule has 1 unspecified atom stereocenters. The Morgan fingerprint density at radius 3 is 2.77 bits per heavy atom. The number of ether oxygens (including phenoxy) is 1. The smallest absolute Gasteiger partial charge is 0.237 e. The average molecular weight is 463 g/mol. The molecule has 6 nitrogen and oxygen atoms in total. The van der Waals surface area contributed by atoms with Gasteiger partial charge in [-0.1, -0.05) is 53.2 Å². The molecule has 4 rings (SSSR count). The summed E-state index contributed by atoms with van der Waals surface area (Å²) in [4.78, 5) is 12.6. The number of anilines is 1. The molecule has 156 valence electrons. The summed E-state index contributed by atoms with van der Waals surface area (Å²) in [5.41, 5.74) is 0.664. The first-order valence-electron chi connectivity index (χ1n) is 9.55. The Labute approximate surface area is 188 Å². The number of para-hydroxylation sites is 1. The number of hydrogen-bond donors (Lipinski definition) is 1. The zero-order valence-corrected chi connectivity index (χ0v) is 18.5. The third kappa shape index (κ3) is 5.09. The van der Waals surface area contributed by atoms with Crippen LogP contribution in [0.4, 0.5) is 5.69 Å². The van der Waals surface area contributed by atoms with Gasteiger partial charge >= 0.3 is 0 Å². The number of thioether (sulfide) groups is 1. The Hall–Kier alpha value is -2.22. The molecule has 0 radical (unpaired) electrons. The number of nitrogens with zero attached hydrogens (tertiary/aromatic N) is 3. The van der Waals surface area contributed by atoms with Crippen molar-refractivity contribution in [1.29, 1.82) is 0 Å². The fourth-order valence-corrected chi connectivity index (χ4v) is 4.23. The summed E-state index contributed by atoms with van der Waals surface area (Å²) in [5.74, 6) is 1.21. The summed E-state index contributed by atoms with van der Waals surface area (Å²) < 4.78 is 7.92. The second-order valence-corrected chi connectivity index (χ2v) is 9.13. The summed E-state index contributed by atoms with van der Waals surface area (Å²) in [6, 6.07) is 14.7. The third-order valence-corrected chi connectivity index (χ3v) is 6.19. The SMILES string of the molecule is CC(Sc1nnc(COc2ccccc2Cl)n1C1CC1)C(=O)Nc1cccc(Cl)c1. The molecular formula is C21H20Cl2N4O2S. The van der Waals surface area contributed by atoms with E-state index in [0.717, 1.165) is 18.7 Å². The number of amides is 1. The van der Waals surface area contributed by atoms with E-state index in [1.165, 1.54) is 11.8 Å². The highest BCUT2D eigenvalue weighted by molar-refractivity contribution is 8.00. The number of carbonyl (C=O) groups excluding carboxylic acids is 1. The number of halogens is 2. The first-order valence-corrected chi connectivity index (χ1v) is 11.2. The molecule has 1 aromatic heterocycles. The van der Waals surface area contributed by atoms with Crippen LogP contribution in [0.15, 0.2) is 53.7 Å². The Kier molecular flexibility index (Phi) is 6.51. The fraction of sp³-hybridized carbons (Fsp3) is 0.286. The first kappa shape index (κ1) is 21.0. The van der Waals surface area contributed by atoms with Crippen molar-refractivity contribution in [2.45, 2.75) is 42.8 Å². The van der Waals surface area contributed by atoms with Crippen molar-refractivity contribution in [3.63, 3.8) is 0 Å². The van der Waals surface area contributed by atoms with Crippen LogP contribution in [0.5, 0.6) is 5.75 Å². The quantitative estimate of drug-likeness (QED) is 0.440. The molecule has 0 aliphatic heterocycles. The molecule has 1 aliphatic carbocycles. The molecule has 1 fully saturated rings. The molecule has 1 saturated carbocycles. The molecule has 2 aromatic carbocycles. The van der Waals surface area contributed by atoms with Gasteiger partial charge in [-0.05, 0) is 50.1 Å². The average Bonchev–Trinajstić information content (AvgIpc) is 3.48. The predicted octanol–water partition coefficient (Wildman–Crippen LogP) is 5.62. The number of rotatable bonds is 8. The topological polar surface area (TPSA) is 69.0 Å². The predicted molar refractivity (Wildman–Crippen MR) is 119 cm³/mol. The molecule has 9 heteroatoms. The van der Waals surface area contributed by atoms with Gasteiger partial charge in [-0.15, -0.1) is 10.2 Å². The van der Waals surface area contributed by atoms with Crippen LogP contribution in [0.3, 0.4) is 0 Å². The second-order valence-electron chi connectivity index (χ2n) is 6.98. The van der Waals surface area contributed by atoms with Crippen LogP contribution in [0.1, 0.15) is 31.6 Å². The van der Waals surface area contributed by atoms with Crippen molar-refractivity contribution in [3.8, 4) is 5.75 Å². The maximum absolute atomic E-state index is 12.6. The van der Waals surface area contributed by atoms with Crippen molar-refractivity contribution >= 4 is 46.6 Å². The summed E-state index contributed by atoms with van der Waals surface area (Å²) >= 11 is 13.5. The molecule has 1 heterocycles.